The second kappa shape index (κ2) is 6.83. The highest BCUT2D eigenvalue weighted by Gasteiger charge is 2.44. The van der Waals surface area contributed by atoms with Crippen LogP contribution in [0.4, 0.5) is 0 Å². The van der Waals surface area contributed by atoms with Crippen LogP contribution in [0.3, 0.4) is 0 Å². The van der Waals surface area contributed by atoms with Gasteiger partial charge in [-0.25, -0.2) is 0 Å². The zero-order chi connectivity index (χ0) is 12.8. The van der Waals surface area contributed by atoms with Crippen LogP contribution in [-0.2, 0) is 14.3 Å². The van der Waals surface area contributed by atoms with Gasteiger partial charge in [-0.05, 0) is 13.3 Å². The Morgan fingerprint density at radius 2 is 1.88 bits per heavy atom. The van der Waals surface area contributed by atoms with Crippen molar-refractivity contribution in [1.82, 2.24) is 0 Å². The third-order valence-electron chi connectivity index (χ3n) is 2.76. The van der Waals surface area contributed by atoms with Gasteiger partial charge in [0.15, 0.2) is 6.29 Å². The van der Waals surface area contributed by atoms with Crippen LogP contribution in [0.1, 0.15) is 33.1 Å². The molecule has 0 aromatic heterocycles. The smallest absolute Gasteiger partial charge is 0.309 e. The van der Waals surface area contributed by atoms with Crippen molar-refractivity contribution in [2.24, 2.45) is 5.92 Å². The van der Waals surface area contributed by atoms with Gasteiger partial charge in [0, 0.05) is 14.2 Å². The molecule has 0 rings (SSSR count). The van der Waals surface area contributed by atoms with E-state index >= 15 is 0 Å². The minimum atomic E-state index is -1.54. The van der Waals surface area contributed by atoms with Crippen molar-refractivity contribution in [2.75, 3.05) is 14.2 Å². The third kappa shape index (κ3) is 3.73. The van der Waals surface area contributed by atoms with Gasteiger partial charge in [0.1, 0.15) is 5.60 Å². The maximum absolute atomic E-state index is 11.1. The van der Waals surface area contributed by atoms with E-state index < -0.39 is 23.8 Å². The average Bonchev–Trinajstić information content (AvgIpc) is 2.18. The molecule has 0 spiro atoms. The van der Waals surface area contributed by atoms with E-state index in [0.29, 0.717) is 6.42 Å². The van der Waals surface area contributed by atoms with Crippen LogP contribution >= 0.6 is 0 Å². The predicted molar refractivity (Wildman–Crippen MR) is 59.1 cm³/mol. The van der Waals surface area contributed by atoms with Gasteiger partial charge >= 0.3 is 5.97 Å². The summed E-state index contributed by atoms with van der Waals surface area (Å²) in [4.78, 5) is 11.1. The predicted octanol–water partition coefficient (Wildman–Crippen LogP) is 1.25. The lowest BCUT2D eigenvalue weighted by Gasteiger charge is -2.35. The fraction of sp³-hybridized carbons (Fsp3) is 0.909. The molecule has 16 heavy (non-hydrogen) atoms. The van der Waals surface area contributed by atoms with E-state index in [1.165, 1.54) is 21.1 Å². The highest BCUT2D eigenvalue weighted by atomic mass is 16.7. The number of aliphatic carboxylic acids is 1. The van der Waals surface area contributed by atoms with Gasteiger partial charge in [-0.1, -0.05) is 19.8 Å². The lowest BCUT2D eigenvalue weighted by atomic mass is 9.84. The molecule has 0 fully saturated rings. The largest absolute Gasteiger partial charge is 0.481 e. The summed E-state index contributed by atoms with van der Waals surface area (Å²) < 4.78 is 9.88. The molecule has 2 atom stereocenters. The van der Waals surface area contributed by atoms with E-state index in [-0.39, 0.29) is 0 Å². The fourth-order valence-corrected chi connectivity index (χ4v) is 1.81. The maximum atomic E-state index is 11.1. The van der Waals surface area contributed by atoms with Crippen LogP contribution in [0.25, 0.3) is 0 Å². The minimum Gasteiger partial charge on any atom is -0.481 e. The summed E-state index contributed by atoms with van der Waals surface area (Å²) in [6, 6.07) is 0. The second-order valence-corrected chi connectivity index (χ2v) is 4.06. The molecule has 0 heterocycles. The number of aliphatic hydroxyl groups is 1. The Hall–Kier alpha value is -0.650. The van der Waals surface area contributed by atoms with E-state index in [9.17, 15) is 9.90 Å². The van der Waals surface area contributed by atoms with Gasteiger partial charge in [0.25, 0.3) is 0 Å². The van der Waals surface area contributed by atoms with Crippen LogP contribution < -0.4 is 0 Å². The van der Waals surface area contributed by atoms with Crippen molar-refractivity contribution in [2.45, 2.75) is 45.0 Å². The Balaban J connectivity index is 4.79. The summed E-state index contributed by atoms with van der Waals surface area (Å²) in [5.74, 6) is -1.92. The molecule has 2 unspecified atom stereocenters. The van der Waals surface area contributed by atoms with Gasteiger partial charge < -0.3 is 19.7 Å². The monoisotopic (exact) mass is 234 g/mol. The molecule has 0 amide bonds. The van der Waals surface area contributed by atoms with E-state index in [2.05, 4.69) is 0 Å². The average molecular weight is 234 g/mol. The molecule has 0 radical (unpaired) electrons. The zero-order valence-electron chi connectivity index (χ0n) is 10.4. The summed E-state index contributed by atoms with van der Waals surface area (Å²) in [6.07, 6.45) is 1.09. The van der Waals surface area contributed by atoms with Gasteiger partial charge in [-0.3, -0.25) is 4.79 Å². The number of ether oxygens (including phenoxy) is 2. The molecule has 0 aliphatic carbocycles. The minimum absolute atomic E-state index is 0.405. The van der Waals surface area contributed by atoms with Gasteiger partial charge in [0.05, 0.1) is 5.92 Å². The first-order valence-corrected chi connectivity index (χ1v) is 5.42. The molecule has 0 aliphatic rings. The Morgan fingerprint density at radius 3 is 2.19 bits per heavy atom. The molecule has 5 nitrogen and oxygen atoms in total. The van der Waals surface area contributed by atoms with Crippen molar-refractivity contribution < 1.29 is 24.5 Å². The molecule has 2 N–H and O–H groups in total. The molecule has 5 heteroatoms. The first-order valence-electron chi connectivity index (χ1n) is 5.42. The van der Waals surface area contributed by atoms with Crippen LogP contribution in [0.5, 0.6) is 0 Å². The summed E-state index contributed by atoms with van der Waals surface area (Å²) >= 11 is 0. The number of carbonyl (C=O) groups is 1. The first-order chi connectivity index (χ1) is 7.41. The number of hydrogen-bond acceptors (Lipinski definition) is 4. The first kappa shape index (κ1) is 15.3. The molecule has 0 aromatic rings. The topological polar surface area (TPSA) is 76.0 Å². The van der Waals surface area contributed by atoms with Crippen molar-refractivity contribution in [1.29, 1.82) is 0 Å². The van der Waals surface area contributed by atoms with Crippen molar-refractivity contribution in [3.63, 3.8) is 0 Å². The van der Waals surface area contributed by atoms with Crippen molar-refractivity contribution >= 4 is 5.97 Å². The van der Waals surface area contributed by atoms with Crippen LogP contribution in [0.15, 0.2) is 0 Å². The standard InChI is InChI=1S/C11H22O5/c1-5-6-7-8(9(12)13)11(2,14)10(15-3)16-4/h8,10,14H,5-7H2,1-4H3,(H,12,13). The van der Waals surface area contributed by atoms with E-state index in [0.717, 1.165) is 12.8 Å². The molecular formula is C11H22O5. The van der Waals surface area contributed by atoms with Gasteiger partial charge in [0.2, 0.25) is 0 Å². The molecule has 96 valence electrons. The van der Waals surface area contributed by atoms with Gasteiger partial charge in [-0.2, -0.15) is 0 Å². The van der Waals surface area contributed by atoms with Crippen molar-refractivity contribution in [3.05, 3.63) is 0 Å². The van der Waals surface area contributed by atoms with Crippen LogP contribution in [0.2, 0.25) is 0 Å². The van der Waals surface area contributed by atoms with Gasteiger partial charge in [-0.15, -0.1) is 0 Å². The SMILES string of the molecule is CCCCC(C(=O)O)C(C)(O)C(OC)OC. The fourth-order valence-electron chi connectivity index (χ4n) is 1.81. The Labute approximate surface area is 96.4 Å². The van der Waals surface area contributed by atoms with E-state index in [1.54, 1.807) is 0 Å². The van der Waals surface area contributed by atoms with Crippen LogP contribution in [-0.4, -0.2) is 42.3 Å². The maximum Gasteiger partial charge on any atom is 0.309 e. The summed E-state index contributed by atoms with van der Waals surface area (Å²) in [6.45, 7) is 3.40. The number of rotatable bonds is 8. The number of carboxylic acid groups (broad SMARTS) is 1. The summed E-state index contributed by atoms with van der Waals surface area (Å²) in [5, 5.41) is 19.3. The molecular weight excluding hydrogens is 212 g/mol. The number of unbranched alkanes of at least 4 members (excludes halogenated alkanes) is 1. The second-order valence-electron chi connectivity index (χ2n) is 4.06. The quantitative estimate of drug-likeness (QED) is 0.618. The number of hydrogen-bond donors (Lipinski definition) is 2. The zero-order valence-corrected chi connectivity index (χ0v) is 10.4. The number of carboxylic acids is 1. The molecule has 0 saturated carbocycles. The lowest BCUT2D eigenvalue weighted by Crippen LogP contribution is -2.51. The highest BCUT2D eigenvalue weighted by Crippen LogP contribution is 2.28. The Bertz CT molecular complexity index is 210. The summed E-state index contributed by atoms with van der Waals surface area (Å²) in [7, 11) is 2.75. The van der Waals surface area contributed by atoms with E-state index in [1.807, 2.05) is 6.92 Å². The molecule has 0 bridgehead atoms. The third-order valence-corrected chi connectivity index (χ3v) is 2.76. The van der Waals surface area contributed by atoms with Crippen LogP contribution in [0, 0.1) is 5.92 Å². The summed E-state index contributed by atoms with van der Waals surface area (Å²) in [5.41, 5.74) is -1.54. The normalized spacial score (nSPS) is 17.1. The van der Waals surface area contributed by atoms with Crippen molar-refractivity contribution in [3.8, 4) is 0 Å². The molecule has 0 aromatic carbocycles. The Kier molecular flexibility index (Phi) is 6.55. The molecule has 0 aliphatic heterocycles. The highest BCUT2D eigenvalue weighted by molar-refractivity contribution is 5.71. The number of methoxy groups -OCH3 is 2. The lowest BCUT2D eigenvalue weighted by molar-refractivity contribution is -0.230. The Morgan fingerprint density at radius 1 is 1.38 bits per heavy atom. The van der Waals surface area contributed by atoms with E-state index in [4.69, 9.17) is 14.6 Å². The molecule has 0 saturated heterocycles.